The van der Waals surface area contributed by atoms with Gasteiger partial charge in [-0.25, -0.2) is 9.97 Å². The molecule has 0 radical (unpaired) electrons. The van der Waals surface area contributed by atoms with E-state index in [2.05, 4.69) is 180 Å². The first-order chi connectivity index (χ1) is 26.8. The molecule has 12 aromatic rings. The van der Waals surface area contributed by atoms with Gasteiger partial charge in [0.05, 0.1) is 27.9 Å². The molecule has 9 aromatic carbocycles. The monoisotopic (exact) mass is 703 g/mol. The van der Waals surface area contributed by atoms with Gasteiger partial charge in [0.1, 0.15) is 0 Å². The van der Waals surface area contributed by atoms with E-state index < -0.39 is 0 Å². The molecule has 0 bridgehead atoms. The van der Waals surface area contributed by atoms with Gasteiger partial charge in [-0.05, 0) is 75.8 Å². The second-order valence-corrected chi connectivity index (χ2v) is 15.2. The average molecular weight is 704 g/mol. The minimum absolute atomic E-state index is 0.719. The summed E-state index contributed by atoms with van der Waals surface area (Å²) >= 11 is 1.89. The van der Waals surface area contributed by atoms with Gasteiger partial charge in [-0.3, -0.25) is 0 Å². The minimum Gasteiger partial charge on any atom is -0.309 e. The summed E-state index contributed by atoms with van der Waals surface area (Å²) in [6, 6.07) is 63.5. The van der Waals surface area contributed by atoms with Gasteiger partial charge in [-0.15, -0.1) is 11.3 Å². The Morgan fingerprint density at radius 3 is 1.76 bits per heavy atom. The standard InChI is InChI=1S/C50H29N3S/c1-2-11-30(12-3-1)33-15-8-16-34(29-33)49-38-19-6-7-20-39(38)51-50(52-49)37-25-28-40(36-18-5-4-17-35(36)37)53-41-26-23-31-13-9-21-43-45(31)47(41)48-42(53)27-24-32-14-10-22-44(54-43)46(32)48/h1-29H. The summed E-state index contributed by atoms with van der Waals surface area (Å²) in [5, 5.41) is 11.2. The van der Waals surface area contributed by atoms with E-state index in [1.165, 1.54) is 58.3 Å². The number of hydrogen-bond acceptors (Lipinski definition) is 3. The van der Waals surface area contributed by atoms with Crippen molar-refractivity contribution in [3.8, 4) is 39.5 Å². The molecule has 0 fully saturated rings. The highest BCUT2D eigenvalue weighted by atomic mass is 32.1. The Morgan fingerprint density at radius 2 is 1.02 bits per heavy atom. The highest BCUT2D eigenvalue weighted by molar-refractivity contribution is 7.24. The van der Waals surface area contributed by atoms with Crippen LogP contribution < -0.4 is 0 Å². The van der Waals surface area contributed by atoms with Crippen molar-refractivity contribution in [2.24, 2.45) is 0 Å². The van der Waals surface area contributed by atoms with Crippen molar-refractivity contribution in [2.75, 3.05) is 0 Å². The Bertz CT molecular complexity index is 3340. The molecule has 250 valence electrons. The molecule has 0 atom stereocenters. The van der Waals surface area contributed by atoms with E-state index in [1.54, 1.807) is 0 Å². The SMILES string of the molecule is c1ccc(-c2cccc(-c3nc(-c4ccc(-n5c6ccc7cccc8sc9cccc%10ccc5c(c%109)c6c78)c5ccccc45)nc4ccccc34)c2)cc1. The fraction of sp³-hybridized carbons (Fsp3) is 0. The van der Waals surface area contributed by atoms with Crippen LogP contribution >= 0.6 is 11.3 Å². The Labute approximate surface area is 314 Å². The largest absolute Gasteiger partial charge is 0.309 e. The molecule has 0 unspecified atom stereocenters. The maximum absolute atomic E-state index is 5.38. The van der Waals surface area contributed by atoms with Gasteiger partial charge in [0.25, 0.3) is 0 Å². The second kappa shape index (κ2) is 11.3. The van der Waals surface area contributed by atoms with E-state index in [0.29, 0.717) is 0 Å². The topological polar surface area (TPSA) is 30.7 Å². The zero-order chi connectivity index (χ0) is 35.3. The summed E-state index contributed by atoms with van der Waals surface area (Å²) in [6.07, 6.45) is 0. The Kier molecular flexibility index (Phi) is 6.21. The number of aromatic nitrogens is 3. The highest BCUT2D eigenvalue weighted by Gasteiger charge is 2.22. The molecule has 4 heteroatoms. The molecule has 0 aliphatic carbocycles. The molecule has 0 aliphatic rings. The van der Waals surface area contributed by atoms with Gasteiger partial charge in [-0.2, -0.15) is 0 Å². The molecule has 3 aromatic heterocycles. The maximum Gasteiger partial charge on any atom is 0.161 e. The smallest absolute Gasteiger partial charge is 0.161 e. The van der Waals surface area contributed by atoms with Crippen LogP contribution in [-0.2, 0) is 0 Å². The van der Waals surface area contributed by atoms with Crippen LogP contribution in [0.4, 0.5) is 0 Å². The maximum atomic E-state index is 5.38. The average Bonchev–Trinajstić information content (AvgIpc) is 3.49. The van der Waals surface area contributed by atoms with E-state index in [9.17, 15) is 0 Å². The number of para-hydroxylation sites is 1. The zero-order valence-electron chi connectivity index (χ0n) is 29.0. The van der Waals surface area contributed by atoms with E-state index in [4.69, 9.17) is 9.97 Å². The summed E-state index contributed by atoms with van der Waals surface area (Å²) in [5.74, 6) is 0.719. The fourth-order valence-electron chi connectivity index (χ4n) is 8.79. The number of fused-ring (bicyclic) bond motifs is 2. The quantitative estimate of drug-likeness (QED) is 0.183. The summed E-state index contributed by atoms with van der Waals surface area (Å²) in [7, 11) is 0. The van der Waals surface area contributed by atoms with Gasteiger partial charge in [0, 0.05) is 52.8 Å². The van der Waals surface area contributed by atoms with Crippen molar-refractivity contribution in [1.29, 1.82) is 0 Å². The van der Waals surface area contributed by atoms with Gasteiger partial charge < -0.3 is 4.57 Å². The van der Waals surface area contributed by atoms with E-state index in [1.807, 2.05) is 11.3 Å². The first-order valence-electron chi connectivity index (χ1n) is 18.3. The third kappa shape index (κ3) is 4.23. The minimum atomic E-state index is 0.719. The van der Waals surface area contributed by atoms with Crippen LogP contribution in [0.2, 0.25) is 0 Å². The predicted octanol–water partition coefficient (Wildman–Crippen LogP) is 13.8. The van der Waals surface area contributed by atoms with Crippen LogP contribution in [0, 0.1) is 0 Å². The van der Waals surface area contributed by atoms with Crippen LogP contribution in [0.1, 0.15) is 0 Å². The van der Waals surface area contributed by atoms with Crippen molar-refractivity contribution >= 4 is 85.8 Å². The van der Waals surface area contributed by atoms with Crippen molar-refractivity contribution in [2.45, 2.75) is 0 Å². The van der Waals surface area contributed by atoms with Gasteiger partial charge in [0.2, 0.25) is 0 Å². The number of rotatable bonds is 4. The first-order valence-corrected chi connectivity index (χ1v) is 19.1. The Morgan fingerprint density at radius 1 is 0.407 bits per heavy atom. The molecule has 54 heavy (non-hydrogen) atoms. The third-order valence-electron chi connectivity index (χ3n) is 11.2. The van der Waals surface area contributed by atoms with E-state index >= 15 is 0 Å². The lowest BCUT2D eigenvalue weighted by atomic mass is 9.98. The van der Waals surface area contributed by atoms with Crippen molar-refractivity contribution in [3.63, 3.8) is 0 Å². The molecular weight excluding hydrogens is 675 g/mol. The molecule has 0 N–H and O–H groups in total. The summed E-state index contributed by atoms with van der Waals surface area (Å²) in [5.41, 5.74) is 9.87. The van der Waals surface area contributed by atoms with Crippen LogP contribution in [0.15, 0.2) is 176 Å². The summed E-state index contributed by atoms with van der Waals surface area (Å²) < 4.78 is 5.10. The number of hydrogen-bond donors (Lipinski definition) is 0. The molecular formula is C50H29N3S. The molecule has 0 saturated carbocycles. The van der Waals surface area contributed by atoms with Crippen molar-refractivity contribution < 1.29 is 0 Å². The lowest BCUT2D eigenvalue weighted by molar-refractivity contribution is 1.19. The Hall–Kier alpha value is -6.88. The molecule has 0 saturated heterocycles. The van der Waals surface area contributed by atoms with Crippen LogP contribution in [0.25, 0.3) is 114 Å². The first kappa shape index (κ1) is 29.7. The van der Waals surface area contributed by atoms with Crippen molar-refractivity contribution in [1.82, 2.24) is 14.5 Å². The normalized spacial score (nSPS) is 12.1. The lowest BCUT2D eigenvalue weighted by Crippen LogP contribution is -1.99. The third-order valence-corrected chi connectivity index (χ3v) is 12.3. The molecule has 0 amide bonds. The lowest BCUT2D eigenvalue weighted by Gasteiger charge is -2.16. The molecule has 0 aliphatic heterocycles. The summed E-state index contributed by atoms with van der Waals surface area (Å²) in [6.45, 7) is 0. The van der Waals surface area contributed by atoms with Gasteiger partial charge in [0.15, 0.2) is 5.82 Å². The second-order valence-electron chi connectivity index (χ2n) is 14.1. The molecule has 3 nitrogen and oxygen atoms in total. The Balaban J connectivity index is 1.12. The van der Waals surface area contributed by atoms with Crippen LogP contribution in [-0.4, -0.2) is 14.5 Å². The van der Waals surface area contributed by atoms with Crippen molar-refractivity contribution in [3.05, 3.63) is 176 Å². The number of benzene rings is 9. The van der Waals surface area contributed by atoms with Crippen LogP contribution in [0.5, 0.6) is 0 Å². The predicted molar refractivity (Wildman–Crippen MR) is 229 cm³/mol. The molecule has 3 heterocycles. The fourth-order valence-corrected chi connectivity index (χ4v) is 9.97. The zero-order valence-corrected chi connectivity index (χ0v) is 29.8. The molecule has 0 spiro atoms. The van der Waals surface area contributed by atoms with Gasteiger partial charge >= 0.3 is 0 Å². The van der Waals surface area contributed by atoms with Crippen LogP contribution in [0.3, 0.4) is 0 Å². The van der Waals surface area contributed by atoms with E-state index in [-0.39, 0.29) is 0 Å². The summed E-state index contributed by atoms with van der Waals surface area (Å²) in [4.78, 5) is 10.6. The highest BCUT2D eigenvalue weighted by Crippen LogP contribution is 2.47. The molecule has 12 rings (SSSR count). The van der Waals surface area contributed by atoms with E-state index in [0.717, 1.165) is 55.6 Å². The number of nitrogens with zero attached hydrogens (tertiary/aromatic N) is 3. The van der Waals surface area contributed by atoms with Gasteiger partial charge in [-0.1, -0.05) is 127 Å².